The lowest BCUT2D eigenvalue weighted by Gasteiger charge is -1.86. The maximum Gasteiger partial charge on any atom is 0.126 e. The highest BCUT2D eigenvalue weighted by Crippen LogP contribution is 2.07. The van der Waals surface area contributed by atoms with Crippen molar-refractivity contribution in [2.45, 2.75) is 6.92 Å². The number of hydroxylamine groups is 1. The fourth-order valence-corrected chi connectivity index (χ4v) is 0.771. The molecule has 60 valence electrons. The fourth-order valence-electron chi connectivity index (χ4n) is 0.771. The van der Waals surface area contributed by atoms with Crippen molar-refractivity contribution in [2.24, 2.45) is 0 Å². The first-order chi connectivity index (χ1) is 5.33. The third-order valence-electron chi connectivity index (χ3n) is 1.25. The van der Waals surface area contributed by atoms with Crippen LogP contribution in [0.1, 0.15) is 11.5 Å². The summed E-state index contributed by atoms with van der Waals surface area (Å²) in [7, 11) is 0. The van der Waals surface area contributed by atoms with Gasteiger partial charge in [0.25, 0.3) is 0 Å². The summed E-state index contributed by atoms with van der Waals surface area (Å²) in [6.45, 7) is 2.32. The van der Waals surface area contributed by atoms with Gasteiger partial charge in [0.05, 0.1) is 0 Å². The van der Waals surface area contributed by atoms with Gasteiger partial charge in [-0.05, 0) is 25.1 Å². The van der Waals surface area contributed by atoms with E-state index in [1.807, 2.05) is 24.5 Å². The van der Waals surface area contributed by atoms with Crippen LogP contribution >= 0.6 is 0 Å². The Morgan fingerprint density at radius 2 is 2.45 bits per heavy atom. The summed E-state index contributed by atoms with van der Waals surface area (Å²) >= 11 is 0. The lowest BCUT2D eigenvalue weighted by Crippen LogP contribution is -2.04. The maximum absolute atomic E-state index is 8.22. The zero-order valence-corrected chi connectivity index (χ0v) is 6.37. The highest BCUT2D eigenvalue weighted by molar-refractivity contribution is 5.42. The van der Waals surface area contributed by atoms with E-state index in [1.165, 1.54) is 0 Å². The molecule has 0 aliphatic carbocycles. The second-order valence-corrected chi connectivity index (χ2v) is 2.21. The molecule has 0 fully saturated rings. The summed E-state index contributed by atoms with van der Waals surface area (Å²) in [5, 5.41) is 8.22. The van der Waals surface area contributed by atoms with Crippen LogP contribution in [0.25, 0.3) is 6.08 Å². The molecule has 0 aromatic carbocycles. The maximum atomic E-state index is 8.22. The summed E-state index contributed by atoms with van der Waals surface area (Å²) < 4.78 is 5.23. The second-order valence-electron chi connectivity index (χ2n) is 2.21. The Hall–Kier alpha value is -1.06. The number of aryl methyl sites for hydroxylation is 1. The van der Waals surface area contributed by atoms with Gasteiger partial charge < -0.3 is 9.62 Å². The first kappa shape index (κ1) is 8.04. The number of hydrogen-bond donors (Lipinski definition) is 2. The van der Waals surface area contributed by atoms with E-state index in [2.05, 4.69) is 0 Å². The molecule has 0 saturated heterocycles. The largest absolute Gasteiger partial charge is 0.462 e. The molecular formula is C8H11NO2. The standard InChI is InChI=1S/C8H11NO2/c1-7-4-5-8(11-7)3-2-6-9-10/h2-5,9-10H,6H2,1H3/b3-2+. The highest BCUT2D eigenvalue weighted by atomic mass is 16.5. The molecule has 11 heavy (non-hydrogen) atoms. The predicted molar refractivity (Wildman–Crippen MR) is 42.3 cm³/mol. The lowest BCUT2D eigenvalue weighted by molar-refractivity contribution is 0.180. The van der Waals surface area contributed by atoms with E-state index in [9.17, 15) is 0 Å². The first-order valence-corrected chi connectivity index (χ1v) is 3.43. The van der Waals surface area contributed by atoms with Gasteiger partial charge in [-0.1, -0.05) is 6.08 Å². The van der Waals surface area contributed by atoms with Gasteiger partial charge in [-0.3, -0.25) is 0 Å². The van der Waals surface area contributed by atoms with Crippen molar-refractivity contribution in [3.05, 3.63) is 29.7 Å². The molecule has 0 radical (unpaired) electrons. The molecule has 0 atom stereocenters. The van der Waals surface area contributed by atoms with Crippen LogP contribution in [0.3, 0.4) is 0 Å². The quantitative estimate of drug-likeness (QED) is 0.648. The smallest absolute Gasteiger partial charge is 0.126 e. The Morgan fingerprint density at radius 1 is 1.64 bits per heavy atom. The van der Waals surface area contributed by atoms with Gasteiger partial charge in [0.15, 0.2) is 0 Å². The van der Waals surface area contributed by atoms with E-state index in [4.69, 9.17) is 9.62 Å². The predicted octanol–water partition coefficient (Wildman–Crippen LogP) is 1.58. The zero-order valence-electron chi connectivity index (χ0n) is 6.37. The van der Waals surface area contributed by atoms with E-state index in [0.717, 1.165) is 11.5 Å². The molecule has 0 amide bonds. The normalized spacial score (nSPS) is 11.1. The molecule has 1 aromatic heterocycles. The molecule has 0 unspecified atom stereocenters. The van der Waals surface area contributed by atoms with E-state index < -0.39 is 0 Å². The average molecular weight is 153 g/mol. The van der Waals surface area contributed by atoms with Gasteiger partial charge in [-0.15, -0.1) is 0 Å². The first-order valence-electron chi connectivity index (χ1n) is 3.43. The van der Waals surface area contributed by atoms with Crippen LogP contribution in [-0.2, 0) is 0 Å². The fraction of sp³-hybridized carbons (Fsp3) is 0.250. The van der Waals surface area contributed by atoms with Gasteiger partial charge >= 0.3 is 0 Å². The molecule has 0 saturated carbocycles. The molecule has 0 bridgehead atoms. The van der Waals surface area contributed by atoms with E-state index in [0.29, 0.717) is 6.54 Å². The van der Waals surface area contributed by atoms with Crippen molar-refractivity contribution in [1.29, 1.82) is 0 Å². The van der Waals surface area contributed by atoms with Gasteiger partial charge in [-0.25, -0.2) is 5.48 Å². The van der Waals surface area contributed by atoms with Crippen LogP contribution in [0.5, 0.6) is 0 Å². The van der Waals surface area contributed by atoms with Crippen molar-refractivity contribution in [3.63, 3.8) is 0 Å². The highest BCUT2D eigenvalue weighted by Gasteiger charge is 1.90. The molecule has 1 aromatic rings. The van der Waals surface area contributed by atoms with Crippen molar-refractivity contribution in [3.8, 4) is 0 Å². The Labute approximate surface area is 65.3 Å². The molecule has 3 nitrogen and oxygen atoms in total. The Balaban J connectivity index is 2.50. The van der Waals surface area contributed by atoms with Crippen LogP contribution in [0.15, 0.2) is 22.6 Å². The molecule has 0 aliphatic heterocycles. The molecule has 0 aliphatic rings. The van der Waals surface area contributed by atoms with Crippen LogP contribution in [0.4, 0.5) is 0 Å². The van der Waals surface area contributed by atoms with Crippen molar-refractivity contribution in [2.75, 3.05) is 6.54 Å². The van der Waals surface area contributed by atoms with Gasteiger partial charge in [-0.2, -0.15) is 0 Å². The third kappa shape index (κ3) is 2.57. The Kier molecular flexibility index (Phi) is 2.89. The zero-order chi connectivity index (χ0) is 8.10. The van der Waals surface area contributed by atoms with Crippen molar-refractivity contribution >= 4 is 6.08 Å². The van der Waals surface area contributed by atoms with E-state index >= 15 is 0 Å². The minimum absolute atomic E-state index is 0.430. The molecule has 1 rings (SSSR count). The number of hydrogen-bond acceptors (Lipinski definition) is 3. The van der Waals surface area contributed by atoms with Gasteiger partial charge in [0.2, 0.25) is 0 Å². The molecular weight excluding hydrogens is 142 g/mol. The van der Waals surface area contributed by atoms with E-state index in [-0.39, 0.29) is 0 Å². The summed E-state index contributed by atoms with van der Waals surface area (Å²) in [5.74, 6) is 1.69. The minimum atomic E-state index is 0.430. The Morgan fingerprint density at radius 3 is 3.00 bits per heavy atom. The van der Waals surface area contributed by atoms with Crippen LogP contribution in [-0.4, -0.2) is 11.8 Å². The SMILES string of the molecule is Cc1ccc(/C=C/CNO)o1. The topological polar surface area (TPSA) is 45.4 Å². The Bertz CT molecular complexity index is 240. The third-order valence-corrected chi connectivity index (χ3v) is 1.25. The number of furan rings is 1. The number of nitrogens with one attached hydrogen (secondary N) is 1. The van der Waals surface area contributed by atoms with Crippen LogP contribution < -0.4 is 5.48 Å². The average Bonchev–Trinajstić information content (AvgIpc) is 2.37. The summed E-state index contributed by atoms with van der Waals surface area (Å²) in [4.78, 5) is 0. The molecule has 2 N–H and O–H groups in total. The lowest BCUT2D eigenvalue weighted by atomic mass is 10.4. The summed E-state index contributed by atoms with van der Waals surface area (Å²) in [5.41, 5.74) is 2.02. The summed E-state index contributed by atoms with van der Waals surface area (Å²) in [6, 6.07) is 3.77. The van der Waals surface area contributed by atoms with Gasteiger partial charge in [0.1, 0.15) is 11.5 Å². The number of rotatable bonds is 3. The second kappa shape index (κ2) is 3.95. The molecule has 1 heterocycles. The van der Waals surface area contributed by atoms with Crippen molar-refractivity contribution < 1.29 is 9.62 Å². The van der Waals surface area contributed by atoms with Crippen molar-refractivity contribution in [1.82, 2.24) is 5.48 Å². The minimum Gasteiger partial charge on any atom is -0.462 e. The van der Waals surface area contributed by atoms with Crippen LogP contribution in [0.2, 0.25) is 0 Å². The monoisotopic (exact) mass is 153 g/mol. The molecule has 0 spiro atoms. The van der Waals surface area contributed by atoms with Gasteiger partial charge in [0, 0.05) is 6.54 Å². The molecule has 3 heteroatoms. The van der Waals surface area contributed by atoms with Crippen LogP contribution in [0, 0.1) is 6.92 Å². The van der Waals surface area contributed by atoms with E-state index in [1.54, 1.807) is 12.2 Å². The summed E-state index contributed by atoms with van der Waals surface area (Å²) in [6.07, 6.45) is 3.58.